The summed E-state index contributed by atoms with van der Waals surface area (Å²) in [5.74, 6) is 1.50. The van der Waals surface area contributed by atoms with Crippen molar-refractivity contribution < 1.29 is 4.74 Å². The quantitative estimate of drug-likeness (QED) is 0.917. The highest BCUT2D eigenvalue weighted by Crippen LogP contribution is 2.39. The highest BCUT2D eigenvalue weighted by Gasteiger charge is 2.33. The topological polar surface area (TPSA) is 38.5 Å². The Morgan fingerprint density at radius 2 is 2.05 bits per heavy atom. The summed E-state index contributed by atoms with van der Waals surface area (Å²) in [5.41, 5.74) is 7.38. The van der Waals surface area contributed by atoms with Crippen LogP contribution in [0.5, 0.6) is 5.75 Å². The van der Waals surface area contributed by atoms with Gasteiger partial charge in [0.25, 0.3) is 0 Å². The summed E-state index contributed by atoms with van der Waals surface area (Å²) in [6.07, 6.45) is 3.75. The van der Waals surface area contributed by atoms with Crippen LogP contribution in [-0.2, 0) is 0 Å². The average molecular weight is 276 g/mol. The Hall–Kier alpha value is -1.06. The van der Waals surface area contributed by atoms with Crippen molar-refractivity contribution in [1.82, 2.24) is 4.90 Å². The van der Waals surface area contributed by atoms with Crippen LogP contribution >= 0.6 is 0 Å². The molecule has 2 unspecified atom stereocenters. The molecule has 0 radical (unpaired) electrons. The third kappa shape index (κ3) is 3.15. The van der Waals surface area contributed by atoms with Crippen LogP contribution in [0.3, 0.4) is 0 Å². The first kappa shape index (κ1) is 15.3. The molecule has 3 nitrogen and oxygen atoms in total. The SMILES string of the molecule is COc1ccccc1C1C(CN)CCCCN1C(C)C. The lowest BCUT2D eigenvalue weighted by molar-refractivity contribution is 0.119. The van der Waals surface area contributed by atoms with Crippen LogP contribution in [-0.4, -0.2) is 31.1 Å². The van der Waals surface area contributed by atoms with Gasteiger partial charge in [-0.05, 0) is 51.8 Å². The van der Waals surface area contributed by atoms with Gasteiger partial charge < -0.3 is 10.5 Å². The maximum Gasteiger partial charge on any atom is 0.123 e. The molecule has 1 aromatic rings. The van der Waals surface area contributed by atoms with E-state index in [1.165, 1.54) is 24.8 Å². The summed E-state index contributed by atoms with van der Waals surface area (Å²) in [6, 6.07) is 9.31. The fourth-order valence-corrected chi connectivity index (χ4v) is 3.44. The van der Waals surface area contributed by atoms with Gasteiger partial charge in [-0.3, -0.25) is 4.90 Å². The molecule has 0 saturated carbocycles. The van der Waals surface area contributed by atoms with E-state index in [4.69, 9.17) is 10.5 Å². The van der Waals surface area contributed by atoms with Crippen LogP contribution < -0.4 is 10.5 Å². The lowest BCUT2D eigenvalue weighted by Gasteiger charge is -2.38. The minimum atomic E-state index is 0.374. The average Bonchev–Trinajstić information content (AvgIpc) is 2.69. The van der Waals surface area contributed by atoms with E-state index < -0.39 is 0 Å². The van der Waals surface area contributed by atoms with Gasteiger partial charge in [-0.15, -0.1) is 0 Å². The largest absolute Gasteiger partial charge is 0.496 e. The smallest absolute Gasteiger partial charge is 0.123 e. The molecule has 0 amide bonds. The van der Waals surface area contributed by atoms with Crippen molar-refractivity contribution in [3.63, 3.8) is 0 Å². The Labute approximate surface area is 123 Å². The van der Waals surface area contributed by atoms with Crippen LogP contribution in [0.1, 0.15) is 44.7 Å². The van der Waals surface area contributed by atoms with Gasteiger partial charge in [-0.2, -0.15) is 0 Å². The first-order valence-electron chi connectivity index (χ1n) is 7.77. The number of nitrogens with two attached hydrogens (primary N) is 1. The summed E-state index contributed by atoms with van der Waals surface area (Å²) in [4.78, 5) is 2.60. The van der Waals surface area contributed by atoms with Gasteiger partial charge >= 0.3 is 0 Å². The minimum Gasteiger partial charge on any atom is -0.496 e. The van der Waals surface area contributed by atoms with E-state index in [1.54, 1.807) is 7.11 Å². The van der Waals surface area contributed by atoms with Crippen molar-refractivity contribution in [2.45, 2.75) is 45.2 Å². The number of ether oxygens (including phenoxy) is 1. The molecule has 0 aliphatic carbocycles. The summed E-state index contributed by atoms with van der Waals surface area (Å²) in [5, 5.41) is 0. The molecule has 3 heteroatoms. The van der Waals surface area contributed by atoms with Crippen molar-refractivity contribution in [2.24, 2.45) is 11.7 Å². The van der Waals surface area contributed by atoms with Gasteiger partial charge in [0.05, 0.1) is 7.11 Å². The highest BCUT2D eigenvalue weighted by molar-refractivity contribution is 5.36. The van der Waals surface area contributed by atoms with Crippen molar-refractivity contribution >= 4 is 0 Å². The van der Waals surface area contributed by atoms with Crippen LogP contribution in [0, 0.1) is 5.92 Å². The molecule has 20 heavy (non-hydrogen) atoms. The van der Waals surface area contributed by atoms with Crippen LogP contribution in [0.2, 0.25) is 0 Å². The summed E-state index contributed by atoms with van der Waals surface area (Å²) in [6.45, 7) is 6.45. The van der Waals surface area contributed by atoms with E-state index >= 15 is 0 Å². The fraction of sp³-hybridized carbons (Fsp3) is 0.647. The van der Waals surface area contributed by atoms with Gasteiger partial charge in [0.15, 0.2) is 0 Å². The molecule has 112 valence electrons. The molecule has 2 N–H and O–H groups in total. The lowest BCUT2D eigenvalue weighted by Crippen LogP contribution is -2.40. The predicted molar refractivity (Wildman–Crippen MR) is 84.0 cm³/mol. The van der Waals surface area contributed by atoms with E-state index in [0.29, 0.717) is 18.0 Å². The van der Waals surface area contributed by atoms with E-state index in [2.05, 4.69) is 36.9 Å². The van der Waals surface area contributed by atoms with E-state index in [-0.39, 0.29) is 0 Å². The molecule has 1 aliphatic heterocycles. The first-order chi connectivity index (χ1) is 9.69. The summed E-state index contributed by atoms with van der Waals surface area (Å²) < 4.78 is 5.59. The number of benzene rings is 1. The molecule has 1 saturated heterocycles. The fourth-order valence-electron chi connectivity index (χ4n) is 3.44. The van der Waals surface area contributed by atoms with E-state index in [0.717, 1.165) is 18.8 Å². The highest BCUT2D eigenvalue weighted by atomic mass is 16.5. The Morgan fingerprint density at radius 1 is 1.30 bits per heavy atom. The molecular weight excluding hydrogens is 248 g/mol. The van der Waals surface area contributed by atoms with Crippen LogP contribution in [0.4, 0.5) is 0 Å². The molecule has 1 heterocycles. The first-order valence-corrected chi connectivity index (χ1v) is 7.77. The molecule has 2 rings (SSSR count). The van der Waals surface area contributed by atoms with Gasteiger partial charge in [-0.1, -0.05) is 24.6 Å². The number of para-hydroxylation sites is 1. The maximum atomic E-state index is 6.09. The Morgan fingerprint density at radius 3 is 2.70 bits per heavy atom. The molecule has 0 spiro atoms. The lowest BCUT2D eigenvalue weighted by atomic mass is 9.88. The Kier molecular flexibility index (Phi) is 5.44. The maximum absolute atomic E-state index is 6.09. The number of rotatable bonds is 4. The predicted octanol–water partition coefficient (Wildman–Crippen LogP) is 3.21. The van der Waals surface area contributed by atoms with Crippen molar-refractivity contribution in [3.8, 4) is 5.75 Å². The zero-order valence-corrected chi connectivity index (χ0v) is 13.0. The van der Waals surface area contributed by atoms with Gasteiger partial charge in [0.1, 0.15) is 5.75 Å². The normalized spacial score (nSPS) is 24.6. The monoisotopic (exact) mass is 276 g/mol. The Bertz CT molecular complexity index is 419. The van der Waals surface area contributed by atoms with E-state index in [9.17, 15) is 0 Å². The number of hydrogen-bond acceptors (Lipinski definition) is 3. The number of hydrogen-bond donors (Lipinski definition) is 1. The van der Waals surface area contributed by atoms with Crippen molar-refractivity contribution in [3.05, 3.63) is 29.8 Å². The molecular formula is C17H28N2O. The number of likely N-dealkylation sites (tertiary alicyclic amines) is 1. The van der Waals surface area contributed by atoms with Crippen LogP contribution in [0.15, 0.2) is 24.3 Å². The summed E-state index contributed by atoms with van der Waals surface area (Å²) >= 11 is 0. The number of methoxy groups -OCH3 is 1. The zero-order chi connectivity index (χ0) is 14.5. The van der Waals surface area contributed by atoms with E-state index in [1.807, 2.05) is 6.07 Å². The van der Waals surface area contributed by atoms with Gasteiger partial charge in [0.2, 0.25) is 0 Å². The standard InChI is InChI=1S/C17H28N2O/c1-13(2)19-11-7-6-8-14(12-18)17(19)15-9-4-5-10-16(15)20-3/h4-5,9-10,13-14,17H,6-8,11-12,18H2,1-3H3. The number of nitrogens with zero attached hydrogens (tertiary/aromatic N) is 1. The Balaban J connectivity index is 2.43. The molecule has 1 fully saturated rings. The van der Waals surface area contributed by atoms with Crippen molar-refractivity contribution in [2.75, 3.05) is 20.2 Å². The zero-order valence-electron chi connectivity index (χ0n) is 13.0. The molecule has 2 atom stereocenters. The minimum absolute atomic E-state index is 0.374. The second-order valence-electron chi connectivity index (χ2n) is 6.01. The second-order valence-corrected chi connectivity index (χ2v) is 6.01. The second kappa shape index (κ2) is 7.09. The molecule has 0 aromatic heterocycles. The third-order valence-electron chi connectivity index (χ3n) is 4.47. The third-order valence-corrected chi connectivity index (χ3v) is 4.47. The van der Waals surface area contributed by atoms with Gasteiger partial charge in [-0.25, -0.2) is 0 Å². The molecule has 1 aromatic carbocycles. The summed E-state index contributed by atoms with van der Waals surface area (Å²) in [7, 11) is 1.76. The molecule has 0 bridgehead atoms. The van der Waals surface area contributed by atoms with Crippen molar-refractivity contribution in [1.29, 1.82) is 0 Å². The van der Waals surface area contributed by atoms with Crippen LogP contribution in [0.25, 0.3) is 0 Å². The van der Waals surface area contributed by atoms with Gasteiger partial charge in [0, 0.05) is 17.6 Å². The molecule has 1 aliphatic rings.